The second-order valence-electron chi connectivity index (χ2n) is 4.77. The van der Waals surface area contributed by atoms with Gasteiger partial charge in [-0.15, -0.1) is 5.10 Å². The maximum Gasteiger partial charge on any atom is 0.0813 e. The van der Waals surface area contributed by atoms with Gasteiger partial charge in [0.25, 0.3) is 0 Å². The molecule has 1 aliphatic carbocycles. The van der Waals surface area contributed by atoms with Crippen molar-refractivity contribution in [3.63, 3.8) is 0 Å². The zero-order valence-electron chi connectivity index (χ0n) is 11.6. The average molecular weight is 252 g/mol. The Morgan fingerprint density at radius 2 is 2.22 bits per heavy atom. The van der Waals surface area contributed by atoms with Gasteiger partial charge in [-0.25, -0.2) is 4.68 Å². The van der Waals surface area contributed by atoms with Gasteiger partial charge in [0.05, 0.1) is 24.0 Å². The number of aryl methyl sites for hydroxylation is 1. The fourth-order valence-corrected chi connectivity index (χ4v) is 2.48. The maximum absolute atomic E-state index is 5.97. The van der Waals surface area contributed by atoms with Crippen LogP contribution in [0.1, 0.15) is 45.3 Å². The molecule has 1 fully saturated rings. The third-order valence-corrected chi connectivity index (χ3v) is 3.46. The number of nitrogens with zero attached hydrogens (tertiary/aromatic N) is 3. The monoisotopic (exact) mass is 252 g/mol. The van der Waals surface area contributed by atoms with Crippen molar-refractivity contribution in [3.05, 3.63) is 11.9 Å². The minimum atomic E-state index is 0.206. The van der Waals surface area contributed by atoms with Crippen LogP contribution < -0.4 is 5.32 Å². The number of ether oxygens (including phenoxy) is 1. The molecular weight excluding hydrogens is 228 g/mol. The standard InChI is InChI=1S/C13H24N4O/c1-4-14-12(11-9-15-16-17(11)5-2)13(18-6-3)10-7-8-10/h9-10,12-14H,4-8H2,1-3H3. The molecule has 1 saturated carbocycles. The third-order valence-electron chi connectivity index (χ3n) is 3.46. The zero-order chi connectivity index (χ0) is 13.0. The molecule has 1 N–H and O–H groups in total. The number of nitrogens with one attached hydrogen (secondary N) is 1. The van der Waals surface area contributed by atoms with E-state index in [-0.39, 0.29) is 12.1 Å². The van der Waals surface area contributed by atoms with Gasteiger partial charge in [0.15, 0.2) is 0 Å². The first kappa shape index (κ1) is 13.5. The molecular formula is C13H24N4O. The number of hydrogen-bond acceptors (Lipinski definition) is 4. The summed E-state index contributed by atoms with van der Waals surface area (Å²) >= 11 is 0. The van der Waals surface area contributed by atoms with Gasteiger partial charge < -0.3 is 10.1 Å². The van der Waals surface area contributed by atoms with E-state index in [1.807, 2.05) is 10.9 Å². The minimum absolute atomic E-state index is 0.206. The molecule has 18 heavy (non-hydrogen) atoms. The summed E-state index contributed by atoms with van der Waals surface area (Å²) in [5, 5.41) is 11.7. The number of hydrogen-bond donors (Lipinski definition) is 1. The lowest BCUT2D eigenvalue weighted by Gasteiger charge is -2.27. The van der Waals surface area contributed by atoms with Crippen LogP contribution >= 0.6 is 0 Å². The first-order valence-electron chi connectivity index (χ1n) is 7.05. The maximum atomic E-state index is 5.97. The smallest absolute Gasteiger partial charge is 0.0813 e. The van der Waals surface area contributed by atoms with Crippen LogP contribution in [-0.2, 0) is 11.3 Å². The summed E-state index contributed by atoms with van der Waals surface area (Å²) in [7, 11) is 0. The van der Waals surface area contributed by atoms with Gasteiger partial charge >= 0.3 is 0 Å². The largest absolute Gasteiger partial charge is 0.376 e. The Kier molecular flexibility index (Phi) is 4.72. The summed E-state index contributed by atoms with van der Waals surface area (Å²) in [5.41, 5.74) is 1.14. The second-order valence-corrected chi connectivity index (χ2v) is 4.77. The molecule has 5 heteroatoms. The third kappa shape index (κ3) is 2.90. The van der Waals surface area contributed by atoms with E-state index < -0.39 is 0 Å². The molecule has 1 heterocycles. The van der Waals surface area contributed by atoms with E-state index in [1.165, 1.54) is 12.8 Å². The summed E-state index contributed by atoms with van der Waals surface area (Å²) in [5.74, 6) is 0.689. The predicted molar refractivity (Wildman–Crippen MR) is 70.3 cm³/mol. The van der Waals surface area contributed by atoms with Crippen molar-refractivity contribution in [3.8, 4) is 0 Å². The van der Waals surface area contributed by atoms with Crippen LogP contribution in [0.2, 0.25) is 0 Å². The molecule has 2 rings (SSSR count). The van der Waals surface area contributed by atoms with Gasteiger partial charge in [0.1, 0.15) is 0 Å². The quantitative estimate of drug-likeness (QED) is 0.766. The summed E-state index contributed by atoms with van der Waals surface area (Å²) < 4.78 is 7.93. The Morgan fingerprint density at radius 1 is 1.44 bits per heavy atom. The first-order valence-corrected chi connectivity index (χ1v) is 7.05. The lowest BCUT2D eigenvalue weighted by atomic mass is 10.0. The molecule has 0 saturated heterocycles. The van der Waals surface area contributed by atoms with E-state index in [1.54, 1.807) is 0 Å². The normalized spacial score (nSPS) is 18.8. The van der Waals surface area contributed by atoms with E-state index >= 15 is 0 Å². The molecule has 5 nitrogen and oxygen atoms in total. The highest BCUT2D eigenvalue weighted by Gasteiger charge is 2.39. The molecule has 102 valence electrons. The van der Waals surface area contributed by atoms with E-state index in [4.69, 9.17) is 4.74 Å². The Balaban J connectivity index is 2.19. The molecule has 0 spiro atoms. The topological polar surface area (TPSA) is 52.0 Å². The molecule has 0 aliphatic heterocycles. The summed E-state index contributed by atoms with van der Waals surface area (Å²) in [6.45, 7) is 8.82. The molecule has 1 aromatic rings. The Morgan fingerprint density at radius 3 is 2.78 bits per heavy atom. The lowest BCUT2D eigenvalue weighted by molar-refractivity contribution is 0.0168. The highest BCUT2D eigenvalue weighted by Crippen LogP contribution is 2.39. The number of rotatable bonds is 8. The Hall–Kier alpha value is -0.940. The Bertz CT molecular complexity index is 362. The van der Waals surface area contributed by atoms with Crippen molar-refractivity contribution in [2.75, 3.05) is 13.2 Å². The van der Waals surface area contributed by atoms with Crippen molar-refractivity contribution in [2.24, 2.45) is 5.92 Å². The lowest BCUT2D eigenvalue weighted by Crippen LogP contribution is -2.37. The fourth-order valence-electron chi connectivity index (χ4n) is 2.48. The van der Waals surface area contributed by atoms with Crippen LogP contribution in [0.3, 0.4) is 0 Å². The SMILES string of the molecule is CCNC(c1cnnn1CC)C(OCC)C1CC1. The molecule has 0 aromatic carbocycles. The van der Waals surface area contributed by atoms with Gasteiger partial charge in [-0.2, -0.15) is 0 Å². The highest BCUT2D eigenvalue weighted by atomic mass is 16.5. The van der Waals surface area contributed by atoms with Crippen LogP contribution in [0.25, 0.3) is 0 Å². The van der Waals surface area contributed by atoms with Crippen LogP contribution in [0.15, 0.2) is 6.20 Å². The van der Waals surface area contributed by atoms with E-state index in [2.05, 4.69) is 36.4 Å². The van der Waals surface area contributed by atoms with Crippen molar-refractivity contribution in [2.45, 2.75) is 52.3 Å². The molecule has 0 amide bonds. The minimum Gasteiger partial charge on any atom is -0.376 e. The van der Waals surface area contributed by atoms with Gasteiger partial charge in [-0.1, -0.05) is 12.1 Å². The molecule has 0 bridgehead atoms. The number of aromatic nitrogens is 3. The summed E-state index contributed by atoms with van der Waals surface area (Å²) in [6.07, 6.45) is 4.67. The molecule has 1 aliphatic rings. The summed E-state index contributed by atoms with van der Waals surface area (Å²) in [6, 6.07) is 0.206. The first-order chi connectivity index (χ1) is 8.81. The van der Waals surface area contributed by atoms with E-state index in [9.17, 15) is 0 Å². The summed E-state index contributed by atoms with van der Waals surface area (Å²) in [4.78, 5) is 0. The second kappa shape index (κ2) is 6.29. The highest BCUT2D eigenvalue weighted by molar-refractivity contribution is 5.08. The molecule has 1 aromatic heterocycles. The number of likely N-dealkylation sites (N-methyl/N-ethyl adjacent to an activating group) is 1. The molecule has 0 radical (unpaired) electrons. The van der Waals surface area contributed by atoms with E-state index in [0.717, 1.165) is 25.4 Å². The van der Waals surface area contributed by atoms with Crippen molar-refractivity contribution >= 4 is 0 Å². The van der Waals surface area contributed by atoms with Gasteiger partial charge in [0, 0.05) is 13.2 Å². The Labute approximate surface area is 109 Å². The van der Waals surface area contributed by atoms with Crippen molar-refractivity contribution in [1.82, 2.24) is 20.3 Å². The van der Waals surface area contributed by atoms with Crippen LogP contribution in [-0.4, -0.2) is 34.2 Å². The van der Waals surface area contributed by atoms with E-state index in [0.29, 0.717) is 5.92 Å². The van der Waals surface area contributed by atoms with Crippen LogP contribution in [0, 0.1) is 5.92 Å². The molecule has 2 atom stereocenters. The van der Waals surface area contributed by atoms with Gasteiger partial charge in [-0.05, 0) is 39.2 Å². The van der Waals surface area contributed by atoms with Crippen LogP contribution in [0.4, 0.5) is 0 Å². The van der Waals surface area contributed by atoms with Crippen LogP contribution in [0.5, 0.6) is 0 Å². The molecule has 2 unspecified atom stereocenters. The average Bonchev–Trinajstić information content (AvgIpc) is 3.11. The fraction of sp³-hybridized carbons (Fsp3) is 0.846. The van der Waals surface area contributed by atoms with Gasteiger partial charge in [0.2, 0.25) is 0 Å². The van der Waals surface area contributed by atoms with Gasteiger partial charge in [-0.3, -0.25) is 0 Å². The van der Waals surface area contributed by atoms with Crippen molar-refractivity contribution in [1.29, 1.82) is 0 Å². The van der Waals surface area contributed by atoms with Crippen molar-refractivity contribution < 1.29 is 4.74 Å². The predicted octanol–water partition coefficient (Wildman–Crippen LogP) is 1.76. The zero-order valence-corrected chi connectivity index (χ0v) is 11.6.